The van der Waals surface area contributed by atoms with Crippen LogP contribution in [-0.2, 0) is 14.6 Å². The maximum absolute atomic E-state index is 11.7. The molecule has 2 N–H and O–H groups in total. The van der Waals surface area contributed by atoms with Gasteiger partial charge in [-0.2, -0.15) is 0 Å². The number of rotatable bonds is 6. The van der Waals surface area contributed by atoms with Crippen molar-refractivity contribution in [1.82, 2.24) is 10.6 Å². The fourth-order valence-electron chi connectivity index (χ4n) is 2.34. The van der Waals surface area contributed by atoms with Gasteiger partial charge in [0, 0.05) is 6.54 Å². The molecular formula is C13H26N2O3S. The van der Waals surface area contributed by atoms with Crippen molar-refractivity contribution in [2.75, 3.05) is 31.1 Å². The Morgan fingerprint density at radius 1 is 1.32 bits per heavy atom. The lowest BCUT2D eigenvalue weighted by molar-refractivity contribution is -0.119. The topological polar surface area (TPSA) is 75.3 Å². The molecule has 0 aliphatic carbocycles. The molecule has 0 aromatic heterocycles. The Balaban J connectivity index is 2.39. The van der Waals surface area contributed by atoms with E-state index in [1.54, 1.807) is 0 Å². The fraction of sp³-hybridized carbons (Fsp3) is 0.923. The quantitative estimate of drug-likeness (QED) is 0.749. The monoisotopic (exact) mass is 290 g/mol. The van der Waals surface area contributed by atoms with E-state index in [4.69, 9.17) is 0 Å². The molecule has 0 unspecified atom stereocenters. The van der Waals surface area contributed by atoms with E-state index in [1.165, 1.54) is 0 Å². The van der Waals surface area contributed by atoms with Crippen LogP contribution in [-0.4, -0.2) is 45.5 Å². The smallest absolute Gasteiger partial charge is 0.235 e. The summed E-state index contributed by atoms with van der Waals surface area (Å²) in [6.45, 7) is 8.29. The molecule has 5 nitrogen and oxygen atoms in total. The first-order valence-electron chi connectivity index (χ1n) is 6.90. The highest BCUT2D eigenvalue weighted by molar-refractivity contribution is 7.92. The van der Waals surface area contributed by atoms with Gasteiger partial charge in [-0.25, -0.2) is 8.42 Å². The first-order chi connectivity index (χ1) is 8.72. The maximum atomic E-state index is 11.7. The zero-order valence-electron chi connectivity index (χ0n) is 12.2. The normalized spacial score (nSPS) is 19.4. The molecule has 19 heavy (non-hydrogen) atoms. The van der Waals surface area contributed by atoms with Crippen molar-refractivity contribution in [3.05, 3.63) is 0 Å². The third kappa shape index (κ3) is 6.38. The third-order valence-corrected chi connectivity index (χ3v) is 5.34. The van der Waals surface area contributed by atoms with E-state index < -0.39 is 9.84 Å². The highest BCUT2D eigenvalue weighted by Gasteiger charge is 2.27. The van der Waals surface area contributed by atoms with Gasteiger partial charge in [-0.15, -0.1) is 0 Å². The summed E-state index contributed by atoms with van der Waals surface area (Å²) in [7, 11) is -3.28. The van der Waals surface area contributed by atoms with Gasteiger partial charge in [0.1, 0.15) is 5.75 Å². The first kappa shape index (κ1) is 16.4. The number of carbonyl (C=O) groups is 1. The second-order valence-corrected chi connectivity index (χ2v) is 8.39. The van der Waals surface area contributed by atoms with Gasteiger partial charge in [-0.1, -0.05) is 20.8 Å². The largest absolute Gasteiger partial charge is 0.355 e. The Kier molecular flexibility index (Phi) is 5.80. The number of piperidine rings is 1. The van der Waals surface area contributed by atoms with E-state index in [-0.39, 0.29) is 28.7 Å². The van der Waals surface area contributed by atoms with Crippen molar-refractivity contribution in [2.24, 2.45) is 11.3 Å². The van der Waals surface area contributed by atoms with Gasteiger partial charge in [0.2, 0.25) is 5.91 Å². The van der Waals surface area contributed by atoms with Crippen LogP contribution >= 0.6 is 0 Å². The molecule has 1 aliphatic heterocycles. The summed E-state index contributed by atoms with van der Waals surface area (Å²) in [5.74, 6) is -0.638. The molecule has 1 rings (SSSR count). The lowest BCUT2D eigenvalue weighted by Crippen LogP contribution is -2.44. The molecule has 1 fully saturated rings. The van der Waals surface area contributed by atoms with Gasteiger partial charge < -0.3 is 10.6 Å². The van der Waals surface area contributed by atoms with E-state index >= 15 is 0 Å². The minimum atomic E-state index is -3.28. The zero-order chi connectivity index (χ0) is 14.5. The van der Waals surface area contributed by atoms with Crippen molar-refractivity contribution >= 4 is 15.7 Å². The lowest BCUT2D eigenvalue weighted by Gasteiger charge is -2.34. The predicted molar refractivity (Wildman–Crippen MR) is 76.7 cm³/mol. The van der Waals surface area contributed by atoms with Crippen LogP contribution in [0.25, 0.3) is 0 Å². The number of amides is 1. The number of hydrogen-bond donors (Lipinski definition) is 2. The lowest BCUT2D eigenvalue weighted by atomic mass is 9.81. The van der Waals surface area contributed by atoms with E-state index in [2.05, 4.69) is 17.6 Å². The molecule has 0 atom stereocenters. The van der Waals surface area contributed by atoms with E-state index in [0.717, 1.165) is 25.9 Å². The van der Waals surface area contributed by atoms with Crippen LogP contribution < -0.4 is 10.6 Å². The standard InChI is InChI=1S/C13H26N2O3S/c1-11(2)8-19(17,18)9-12(16)15-10-13(3)4-6-14-7-5-13/h11,14H,4-10H2,1-3H3,(H,15,16). The van der Waals surface area contributed by atoms with Crippen LogP contribution in [0.3, 0.4) is 0 Å². The zero-order valence-corrected chi connectivity index (χ0v) is 13.0. The highest BCUT2D eigenvalue weighted by atomic mass is 32.2. The van der Waals surface area contributed by atoms with Crippen molar-refractivity contribution in [1.29, 1.82) is 0 Å². The summed E-state index contributed by atoms with van der Waals surface area (Å²) in [4.78, 5) is 11.7. The molecule has 0 spiro atoms. The summed E-state index contributed by atoms with van der Waals surface area (Å²) >= 11 is 0. The van der Waals surface area contributed by atoms with Crippen molar-refractivity contribution < 1.29 is 13.2 Å². The summed E-state index contributed by atoms with van der Waals surface area (Å²) in [5, 5.41) is 6.06. The molecule has 0 radical (unpaired) electrons. The van der Waals surface area contributed by atoms with Crippen LogP contribution in [0.4, 0.5) is 0 Å². The van der Waals surface area contributed by atoms with Crippen LogP contribution in [0.5, 0.6) is 0 Å². The molecule has 0 aromatic rings. The number of carbonyl (C=O) groups excluding carboxylic acids is 1. The van der Waals surface area contributed by atoms with Crippen molar-refractivity contribution in [3.63, 3.8) is 0 Å². The summed E-state index contributed by atoms with van der Waals surface area (Å²) < 4.78 is 23.4. The summed E-state index contributed by atoms with van der Waals surface area (Å²) in [6, 6.07) is 0. The summed E-state index contributed by atoms with van der Waals surface area (Å²) in [5.41, 5.74) is 0.0860. The Morgan fingerprint density at radius 3 is 2.42 bits per heavy atom. The van der Waals surface area contributed by atoms with Gasteiger partial charge in [-0.05, 0) is 37.3 Å². The highest BCUT2D eigenvalue weighted by Crippen LogP contribution is 2.26. The maximum Gasteiger partial charge on any atom is 0.235 e. The average Bonchev–Trinajstić information content (AvgIpc) is 2.25. The van der Waals surface area contributed by atoms with E-state index in [0.29, 0.717) is 6.54 Å². The van der Waals surface area contributed by atoms with Gasteiger partial charge in [0.25, 0.3) is 0 Å². The van der Waals surface area contributed by atoms with Gasteiger partial charge >= 0.3 is 0 Å². The van der Waals surface area contributed by atoms with E-state index in [1.807, 2.05) is 13.8 Å². The molecule has 1 heterocycles. The van der Waals surface area contributed by atoms with Crippen LogP contribution in [0.1, 0.15) is 33.6 Å². The van der Waals surface area contributed by atoms with Gasteiger partial charge in [-0.3, -0.25) is 4.79 Å². The molecule has 0 bridgehead atoms. The van der Waals surface area contributed by atoms with Gasteiger partial charge in [0.05, 0.1) is 5.75 Å². The van der Waals surface area contributed by atoms with Crippen LogP contribution in [0.15, 0.2) is 0 Å². The fourth-order valence-corrected chi connectivity index (χ4v) is 3.97. The van der Waals surface area contributed by atoms with Crippen molar-refractivity contribution in [2.45, 2.75) is 33.6 Å². The minimum absolute atomic E-state index is 0.0553. The molecule has 1 amide bonds. The SMILES string of the molecule is CC(C)CS(=O)(=O)CC(=O)NCC1(C)CCNCC1. The van der Waals surface area contributed by atoms with Crippen molar-refractivity contribution in [3.8, 4) is 0 Å². The molecule has 1 saturated heterocycles. The second-order valence-electron chi connectivity index (χ2n) is 6.29. The Hall–Kier alpha value is -0.620. The predicted octanol–water partition coefficient (Wildman–Crippen LogP) is 0.563. The third-order valence-electron chi connectivity index (χ3n) is 3.46. The Labute approximate surface area is 116 Å². The summed E-state index contributed by atoms with van der Waals surface area (Å²) in [6.07, 6.45) is 2.01. The molecule has 0 aromatic carbocycles. The Morgan fingerprint density at radius 2 is 1.89 bits per heavy atom. The second kappa shape index (κ2) is 6.70. The van der Waals surface area contributed by atoms with Crippen LogP contribution in [0, 0.1) is 11.3 Å². The molecule has 0 saturated carbocycles. The Bertz CT molecular complexity index is 398. The van der Waals surface area contributed by atoms with Crippen LogP contribution in [0.2, 0.25) is 0 Å². The number of hydrogen-bond acceptors (Lipinski definition) is 4. The number of nitrogens with one attached hydrogen (secondary N) is 2. The molecule has 6 heteroatoms. The average molecular weight is 290 g/mol. The van der Waals surface area contributed by atoms with Gasteiger partial charge in [0.15, 0.2) is 9.84 Å². The molecular weight excluding hydrogens is 264 g/mol. The first-order valence-corrected chi connectivity index (χ1v) is 8.72. The minimum Gasteiger partial charge on any atom is -0.355 e. The molecule has 112 valence electrons. The van der Waals surface area contributed by atoms with E-state index in [9.17, 15) is 13.2 Å². The number of sulfone groups is 1. The molecule has 1 aliphatic rings.